The average Bonchev–Trinajstić information content (AvgIpc) is 2.55. The Bertz CT molecular complexity index is 548. The van der Waals surface area contributed by atoms with Crippen molar-refractivity contribution in [1.82, 2.24) is 0 Å². The maximum absolute atomic E-state index is 5.88. The Hall–Kier alpha value is -1.42. The standard InChI is InChI=1S/C18H23O2Si/c1-4-15-12-13-17(16-10-8-7-9-11-16)14-18(15)21(19-5-2)20-6-3/h7-14H,4-6H2,1-3H3. The quantitative estimate of drug-likeness (QED) is 0.726. The van der Waals surface area contributed by atoms with Crippen LogP contribution in [0.25, 0.3) is 11.1 Å². The summed E-state index contributed by atoms with van der Waals surface area (Å²) in [6, 6.07) is 17.1. The fourth-order valence-corrected chi connectivity index (χ4v) is 4.06. The van der Waals surface area contributed by atoms with Gasteiger partial charge in [-0.05, 0) is 42.1 Å². The van der Waals surface area contributed by atoms with Crippen LogP contribution in [0.1, 0.15) is 26.3 Å². The second-order valence-electron chi connectivity index (χ2n) is 4.74. The van der Waals surface area contributed by atoms with Crippen LogP contribution in [-0.4, -0.2) is 22.5 Å². The predicted molar refractivity (Wildman–Crippen MR) is 89.9 cm³/mol. The van der Waals surface area contributed by atoms with Gasteiger partial charge < -0.3 is 8.85 Å². The summed E-state index contributed by atoms with van der Waals surface area (Å²) < 4.78 is 11.8. The lowest BCUT2D eigenvalue weighted by atomic mass is 10.0. The van der Waals surface area contributed by atoms with E-state index in [1.54, 1.807) is 0 Å². The molecule has 0 aliphatic carbocycles. The number of hydrogen-bond donors (Lipinski definition) is 0. The van der Waals surface area contributed by atoms with Crippen LogP contribution in [0.3, 0.4) is 0 Å². The van der Waals surface area contributed by atoms with Crippen LogP contribution in [0.5, 0.6) is 0 Å². The molecule has 0 heterocycles. The molecule has 0 atom stereocenters. The summed E-state index contributed by atoms with van der Waals surface area (Å²) in [6.07, 6.45) is 0.999. The Labute approximate surface area is 129 Å². The van der Waals surface area contributed by atoms with Gasteiger partial charge in [-0.15, -0.1) is 0 Å². The lowest BCUT2D eigenvalue weighted by molar-refractivity contribution is 0.225. The molecule has 0 bridgehead atoms. The van der Waals surface area contributed by atoms with E-state index in [1.165, 1.54) is 21.9 Å². The first-order chi connectivity index (χ1) is 10.3. The van der Waals surface area contributed by atoms with Gasteiger partial charge in [0.2, 0.25) is 0 Å². The second-order valence-corrected chi connectivity index (χ2v) is 6.44. The third kappa shape index (κ3) is 4.03. The van der Waals surface area contributed by atoms with Crippen molar-refractivity contribution in [1.29, 1.82) is 0 Å². The molecule has 0 aliphatic heterocycles. The molecule has 0 amide bonds. The Morgan fingerprint density at radius 1 is 0.810 bits per heavy atom. The van der Waals surface area contributed by atoms with E-state index in [0.717, 1.165) is 6.42 Å². The normalized spacial score (nSPS) is 11.0. The first kappa shape index (κ1) is 16.0. The molecule has 2 rings (SSSR count). The van der Waals surface area contributed by atoms with Crippen LogP contribution in [0, 0.1) is 0 Å². The third-order valence-electron chi connectivity index (χ3n) is 3.37. The minimum absolute atomic E-state index is 0.688. The van der Waals surface area contributed by atoms with Gasteiger partial charge in [0, 0.05) is 13.2 Å². The molecule has 2 nitrogen and oxygen atoms in total. The lowest BCUT2D eigenvalue weighted by Crippen LogP contribution is -2.39. The minimum Gasteiger partial charge on any atom is -0.390 e. The highest BCUT2D eigenvalue weighted by Crippen LogP contribution is 2.19. The SMILES string of the molecule is CCO[Si](OCC)c1cc(-c2ccccc2)ccc1CC. The van der Waals surface area contributed by atoms with E-state index < -0.39 is 9.28 Å². The van der Waals surface area contributed by atoms with E-state index in [-0.39, 0.29) is 0 Å². The Balaban J connectivity index is 2.42. The number of benzene rings is 2. The summed E-state index contributed by atoms with van der Waals surface area (Å²) in [6.45, 7) is 7.60. The highest BCUT2D eigenvalue weighted by molar-refractivity contribution is 6.62. The summed E-state index contributed by atoms with van der Waals surface area (Å²) >= 11 is 0. The van der Waals surface area contributed by atoms with Crippen molar-refractivity contribution in [2.24, 2.45) is 0 Å². The number of rotatable bonds is 7. The van der Waals surface area contributed by atoms with Crippen molar-refractivity contribution in [2.45, 2.75) is 27.2 Å². The van der Waals surface area contributed by atoms with Gasteiger partial charge in [0.1, 0.15) is 0 Å². The van der Waals surface area contributed by atoms with Crippen molar-refractivity contribution in [3.05, 3.63) is 54.1 Å². The zero-order chi connectivity index (χ0) is 15.1. The Kier molecular flexibility index (Phi) is 6.17. The topological polar surface area (TPSA) is 18.5 Å². The van der Waals surface area contributed by atoms with E-state index in [9.17, 15) is 0 Å². The highest BCUT2D eigenvalue weighted by Gasteiger charge is 2.21. The number of hydrogen-bond acceptors (Lipinski definition) is 2. The largest absolute Gasteiger partial charge is 0.423 e. The molecule has 2 aromatic rings. The van der Waals surface area contributed by atoms with Gasteiger partial charge in [-0.25, -0.2) is 0 Å². The van der Waals surface area contributed by atoms with Crippen molar-refractivity contribution >= 4 is 14.5 Å². The molecule has 0 spiro atoms. The van der Waals surface area contributed by atoms with Gasteiger partial charge in [0.05, 0.1) is 0 Å². The first-order valence-corrected chi connectivity index (χ1v) is 8.93. The molecular weight excluding hydrogens is 276 g/mol. The van der Waals surface area contributed by atoms with Crippen LogP contribution in [0.2, 0.25) is 0 Å². The van der Waals surface area contributed by atoms with Gasteiger partial charge >= 0.3 is 9.28 Å². The summed E-state index contributed by atoms with van der Waals surface area (Å²) in [4.78, 5) is 0. The average molecular weight is 299 g/mol. The first-order valence-electron chi connectivity index (χ1n) is 7.61. The zero-order valence-corrected chi connectivity index (χ0v) is 14.1. The molecule has 0 saturated carbocycles. The van der Waals surface area contributed by atoms with E-state index in [0.29, 0.717) is 13.2 Å². The molecule has 3 heteroatoms. The van der Waals surface area contributed by atoms with Gasteiger partial charge in [0.25, 0.3) is 0 Å². The molecule has 1 radical (unpaired) electrons. The van der Waals surface area contributed by atoms with E-state index in [2.05, 4.69) is 49.4 Å². The van der Waals surface area contributed by atoms with Crippen LogP contribution in [0.4, 0.5) is 0 Å². The predicted octanol–water partition coefficient (Wildman–Crippen LogP) is 3.68. The van der Waals surface area contributed by atoms with E-state index in [1.807, 2.05) is 19.9 Å². The van der Waals surface area contributed by atoms with Gasteiger partial charge in [-0.2, -0.15) is 0 Å². The molecule has 0 N–H and O–H groups in total. The fourth-order valence-electron chi connectivity index (χ4n) is 2.34. The molecule has 2 aromatic carbocycles. The van der Waals surface area contributed by atoms with Crippen molar-refractivity contribution in [2.75, 3.05) is 13.2 Å². The van der Waals surface area contributed by atoms with Gasteiger partial charge in [0.15, 0.2) is 0 Å². The third-order valence-corrected chi connectivity index (χ3v) is 5.38. The molecule has 0 fully saturated rings. The molecule has 0 aromatic heterocycles. The highest BCUT2D eigenvalue weighted by atomic mass is 28.3. The molecule has 0 saturated heterocycles. The molecule has 0 unspecified atom stereocenters. The number of aryl methyl sites for hydroxylation is 1. The Morgan fingerprint density at radius 2 is 1.48 bits per heavy atom. The molecule has 0 aliphatic rings. The molecular formula is C18H23O2Si. The maximum atomic E-state index is 5.88. The summed E-state index contributed by atoms with van der Waals surface area (Å²) in [5.74, 6) is 0. The van der Waals surface area contributed by atoms with Crippen LogP contribution in [0.15, 0.2) is 48.5 Å². The van der Waals surface area contributed by atoms with E-state index >= 15 is 0 Å². The van der Waals surface area contributed by atoms with Gasteiger partial charge in [-0.1, -0.05) is 55.5 Å². The van der Waals surface area contributed by atoms with Crippen LogP contribution >= 0.6 is 0 Å². The monoisotopic (exact) mass is 299 g/mol. The van der Waals surface area contributed by atoms with Crippen molar-refractivity contribution < 1.29 is 8.85 Å². The van der Waals surface area contributed by atoms with Crippen molar-refractivity contribution in [3.8, 4) is 11.1 Å². The summed E-state index contributed by atoms with van der Waals surface area (Å²) in [7, 11) is -1.39. The van der Waals surface area contributed by atoms with E-state index in [4.69, 9.17) is 8.85 Å². The summed E-state index contributed by atoms with van der Waals surface area (Å²) in [5.41, 5.74) is 3.78. The van der Waals surface area contributed by atoms with Crippen LogP contribution in [-0.2, 0) is 15.3 Å². The smallest absolute Gasteiger partial charge is 0.390 e. The zero-order valence-electron chi connectivity index (χ0n) is 13.1. The lowest BCUT2D eigenvalue weighted by Gasteiger charge is -2.17. The van der Waals surface area contributed by atoms with Crippen LogP contribution < -0.4 is 5.19 Å². The Morgan fingerprint density at radius 3 is 2.05 bits per heavy atom. The van der Waals surface area contributed by atoms with Gasteiger partial charge in [-0.3, -0.25) is 0 Å². The summed E-state index contributed by atoms with van der Waals surface area (Å²) in [5, 5.41) is 1.24. The maximum Gasteiger partial charge on any atom is 0.423 e. The van der Waals surface area contributed by atoms with Crippen molar-refractivity contribution in [3.63, 3.8) is 0 Å². The minimum atomic E-state index is -1.39. The fraction of sp³-hybridized carbons (Fsp3) is 0.333. The molecule has 111 valence electrons. The second kappa shape index (κ2) is 8.13. The molecule has 21 heavy (non-hydrogen) atoms.